The fraction of sp³-hybridized carbons (Fsp3) is 0.353. The molecule has 0 saturated carbocycles. The Kier molecular flexibility index (Phi) is 4.91. The van der Waals surface area contributed by atoms with Gasteiger partial charge in [-0.15, -0.1) is 11.3 Å². The molecule has 2 N–H and O–H groups in total. The van der Waals surface area contributed by atoms with Crippen LogP contribution in [0.5, 0.6) is 0 Å². The standard InChI is InChI=1S/C17H19FN2O4S2/c1-10-6-12(4-5-13(10)18)19-16(21)15-11(2)14(7-25-15)26(22,23)20-17(3)8-24-9-17/h4-7,20H,8-9H2,1-3H3,(H,19,21). The highest BCUT2D eigenvalue weighted by Gasteiger charge is 2.38. The number of aryl methyl sites for hydroxylation is 1. The van der Waals surface area contributed by atoms with E-state index in [1.54, 1.807) is 20.8 Å². The SMILES string of the molecule is Cc1cc(NC(=O)c2scc(S(=O)(=O)NC3(C)COC3)c2C)ccc1F. The molecular weight excluding hydrogens is 379 g/mol. The van der Waals surface area contributed by atoms with Gasteiger partial charge in [0.1, 0.15) is 5.82 Å². The molecule has 0 radical (unpaired) electrons. The van der Waals surface area contributed by atoms with Crippen LogP contribution in [0, 0.1) is 19.7 Å². The molecule has 0 aliphatic carbocycles. The van der Waals surface area contributed by atoms with E-state index in [0.717, 1.165) is 11.3 Å². The predicted molar refractivity (Wildman–Crippen MR) is 97.7 cm³/mol. The summed E-state index contributed by atoms with van der Waals surface area (Å²) in [6, 6.07) is 4.25. The minimum absolute atomic E-state index is 0.0797. The molecule has 2 aromatic rings. The van der Waals surface area contributed by atoms with Crippen LogP contribution in [0.1, 0.15) is 27.7 Å². The molecule has 0 bridgehead atoms. The summed E-state index contributed by atoms with van der Waals surface area (Å²) in [5.41, 5.74) is 0.613. The lowest BCUT2D eigenvalue weighted by atomic mass is 10.0. The molecule has 1 aliphatic rings. The largest absolute Gasteiger partial charge is 0.377 e. The third-order valence-electron chi connectivity index (χ3n) is 4.13. The summed E-state index contributed by atoms with van der Waals surface area (Å²) in [5.74, 6) is -0.790. The molecule has 140 valence electrons. The number of hydrogen-bond donors (Lipinski definition) is 2. The van der Waals surface area contributed by atoms with Crippen molar-refractivity contribution in [3.8, 4) is 0 Å². The van der Waals surface area contributed by atoms with Gasteiger partial charge in [0.25, 0.3) is 5.91 Å². The lowest BCUT2D eigenvalue weighted by Crippen LogP contribution is -2.59. The number of hydrogen-bond acceptors (Lipinski definition) is 5. The van der Waals surface area contributed by atoms with Gasteiger partial charge >= 0.3 is 0 Å². The van der Waals surface area contributed by atoms with E-state index in [0.29, 0.717) is 34.9 Å². The molecule has 26 heavy (non-hydrogen) atoms. The summed E-state index contributed by atoms with van der Waals surface area (Å²) in [6.07, 6.45) is 0. The van der Waals surface area contributed by atoms with Crippen molar-refractivity contribution < 1.29 is 22.3 Å². The van der Waals surface area contributed by atoms with E-state index in [9.17, 15) is 17.6 Å². The maximum atomic E-state index is 13.3. The molecule has 9 heteroatoms. The van der Waals surface area contributed by atoms with Gasteiger partial charge in [-0.3, -0.25) is 4.79 Å². The monoisotopic (exact) mass is 398 g/mol. The summed E-state index contributed by atoms with van der Waals surface area (Å²) < 4.78 is 46.2. The molecule has 1 aromatic carbocycles. The summed E-state index contributed by atoms with van der Waals surface area (Å²) in [7, 11) is -3.76. The fourth-order valence-corrected chi connectivity index (χ4v) is 5.59. The van der Waals surface area contributed by atoms with Gasteiger partial charge in [0, 0.05) is 11.1 Å². The Bertz CT molecular complexity index is 965. The second-order valence-electron chi connectivity index (χ2n) is 6.63. The molecule has 1 amide bonds. The maximum Gasteiger partial charge on any atom is 0.266 e. The first-order valence-electron chi connectivity index (χ1n) is 7.89. The quantitative estimate of drug-likeness (QED) is 0.811. The van der Waals surface area contributed by atoms with E-state index < -0.39 is 21.5 Å². The summed E-state index contributed by atoms with van der Waals surface area (Å²) in [6.45, 7) is 5.58. The van der Waals surface area contributed by atoms with E-state index in [2.05, 4.69) is 10.0 Å². The number of ether oxygens (including phenoxy) is 1. The van der Waals surface area contributed by atoms with Crippen LogP contribution in [0.15, 0.2) is 28.5 Å². The van der Waals surface area contributed by atoms with Crippen molar-refractivity contribution in [1.29, 1.82) is 0 Å². The van der Waals surface area contributed by atoms with Gasteiger partial charge in [0.05, 0.1) is 28.5 Å². The molecule has 0 unspecified atom stereocenters. The van der Waals surface area contributed by atoms with E-state index in [-0.39, 0.29) is 10.7 Å². The minimum atomic E-state index is -3.76. The Morgan fingerprint density at radius 1 is 1.31 bits per heavy atom. The van der Waals surface area contributed by atoms with Crippen LogP contribution in [0.4, 0.5) is 10.1 Å². The summed E-state index contributed by atoms with van der Waals surface area (Å²) >= 11 is 1.05. The molecule has 0 atom stereocenters. The molecule has 0 spiro atoms. The second-order valence-corrected chi connectivity index (χ2v) is 9.16. The molecular formula is C17H19FN2O4S2. The first kappa shape index (κ1) is 19.0. The molecule has 2 heterocycles. The van der Waals surface area contributed by atoms with Crippen LogP contribution in [-0.2, 0) is 14.8 Å². The number of benzene rings is 1. The van der Waals surface area contributed by atoms with Crippen LogP contribution >= 0.6 is 11.3 Å². The van der Waals surface area contributed by atoms with Crippen molar-refractivity contribution in [2.45, 2.75) is 31.2 Å². The highest BCUT2D eigenvalue weighted by atomic mass is 32.2. The highest BCUT2D eigenvalue weighted by molar-refractivity contribution is 7.89. The topological polar surface area (TPSA) is 84.5 Å². The average Bonchev–Trinajstić information content (AvgIpc) is 2.91. The molecule has 1 saturated heterocycles. The zero-order valence-corrected chi connectivity index (χ0v) is 16.2. The van der Waals surface area contributed by atoms with Gasteiger partial charge < -0.3 is 10.1 Å². The molecule has 1 aromatic heterocycles. The van der Waals surface area contributed by atoms with Gasteiger partial charge in [-0.25, -0.2) is 17.5 Å². The van der Waals surface area contributed by atoms with E-state index in [1.807, 2.05) is 0 Å². The molecule has 1 fully saturated rings. The maximum absolute atomic E-state index is 13.3. The molecule has 3 rings (SSSR count). The van der Waals surface area contributed by atoms with E-state index in [4.69, 9.17) is 4.74 Å². The number of rotatable bonds is 5. The van der Waals surface area contributed by atoms with Crippen LogP contribution in [0.25, 0.3) is 0 Å². The number of carbonyl (C=O) groups is 1. The van der Waals surface area contributed by atoms with Crippen LogP contribution in [0.3, 0.4) is 0 Å². The van der Waals surface area contributed by atoms with Crippen molar-refractivity contribution in [1.82, 2.24) is 4.72 Å². The first-order valence-corrected chi connectivity index (χ1v) is 10.2. The Morgan fingerprint density at radius 3 is 2.58 bits per heavy atom. The Labute approximate surface area is 155 Å². The van der Waals surface area contributed by atoms with Crippen molar-refractivity contribution >= 4 is 33.0 Å². The fourth-order valence-electron chi connectivity index (χ4n) is 2.65. The zero-order valence-electron chi connectivity index (χ0n) is 14.6. The van der Waals surface area contributed by atoms with Crippen molar-refractivity contribution in [2.75, 3.05) is 18.5 Å². The summed E-state index contributed by atoms with van der Waals surface area (Å²) in [5, 5.41) is 4.12. The van der Waals surface area contributed by atoms with Crippen LogP contribution in [0.2, 0.25) is 0 Å². The van der Waals surface area contributed by atoms with Crippen molar-refractivity contribution in [3.05, 3.63) is 45.4 Å². The van der Waals surface area contributed by atoms with Crippen LogP contribution < -0.4 is 10.0 Å². The Balaban J connectivity index is 1.81. The Hall–Kier alpha value is -1.81. The zero-order chi connectivity index (χ0) is 19.1. The lowest BCUT2D eigenvalue weighted by molar-refractivity contribution is -0.0523. The Morgan fingerprint density at radius 2 is 2.00 bits per heavy atom. The highest BCUT2D eigenvalue weighted by Crippen LogP contribution is 2.29. The average molecular weight is 398 g/mol. The van der Waals surface area contributed by atoms with Crippen molar-refractivity contribution in [2.24, 2.45) is 0 Å². The van der Waals surface area contributed by atoms with E-state index in [1.165, 1.54) is 23.6 Å². The van der Waals surface area contributed by atoms with Gasteiger partial charge in [0.2, 0.25) is 10.0 Å². The summed E-state index contributed by atoms with van der Waals surface area (Å²) in [4.78, 5) is 12.9. The number of carbonyl (C=O) groups excluding carboxylic acids is 1. The van der Waals surface area contributed by atoms with Crippen LogP contribution in [-0.4, -0.2) is 33.1 Å². The number of nitrogens with one attached hydrogen (secondary N) is 2. The number of amides is 1. The van der Waals surface area contributed by atoms with Gasteiger partial charge in [-0.1, -0.05) is 0 Å². The van der Waals surface area contributed by atoms with E-state index >= 15 is 0 Å². The third-order valence-corrected chi connectivity index (χ3v) is 7.12. The van der Waals surface area contributed by atoms with Gasteiger partial charge in [-0.2, -0.15) is 0 Å². The second kappa shape index (κ2) is 6.73. The smallest absolute Gasteiger partial charge is 0.266 e. The number of anilines is 1. The lowest BCUT2D eigenvalue weighted by Gasteiger charge is -2.38. The number of sulfonamides is 1. The van der Waals surface area contributed by atoms with Crippen molar-refractivity contribution in [3.63, 3.8) is 0 Å². The number of halogens is 1. The molecule has 6 nitrogen and oxygen atoms in total. The van der Waals surface area contributed by atoms with Gasteiger partial charge in [-0.05, 0) is 50.1 Å². The normalized spacial score (nSPS) is 16.2. The molecule has 1 aliphatic heterocycles. The third kappa shape index (κ3) is 3.66. The number of thiophene rings is 1. The van der Waals surface area contributed by atoms with Gasteiger partial charge in [0.15, 0.2) is 0 Å². The predicted octanol–water partition coefficient (Wildman–Crippen LogP) is 2.82. The minimum Gasteiger partial charge on any atom is -0.377 e. The first-order chi connectivity index (χ1) is 12.1.